The molecule has 1 aromatic heterocycles. The number of pyridine rings is 1. The van der Waals surface area contributed by atoms with Gasteiger partial charge in [0.1, 0.15) is 0 Å². The van der Waals surface area contributed by atoms with Crippen LogP contribution in [0.2, 0.25) is 0 Å². The van der Waals surface area contributed by atoms with Crippen LogP contribution in [0.5, 0.6) is 17.4 Å². The number of hydroxylamine groups is 2. The van der Waals surface area contributed by atoms with Crippen LogP contribution >= 0.6 is 0 Å². The highest BCUT2D eigenvalue weighted by Gasteiger charge is 2.49. The summed E-state index contributed by atoms with van der Waals surface area (Å²) in [5, 5.41) is 1.47. The van der Waals surface area contributed by atoms with Crippen molar-refractivity contribution < 1.29 is 61.7 Å². The molecule has 0 amide bonds. The first kappa shape index (κ1) is 30.6. The third-order valence-electron chi connectivity index (χ3n) is 5.68. The molecular formula is C22H21F9N2O5S. The van der Waals surface area contributed by atoms with Crippen molar-refractivity contribution in [3.63, 3.8) is 0 Å². The molecule has 218 valence electrons. The van der Waals surface area contributed by atoms with Crippen molar-refractivity contribution in [3.05, 3.63) is 47.7 Å². The van der Waals surface area contributed by atoms with Gasteiger partial charge in [0.2, 0.25) is 5.88 Å². The number of benzene rings is 1. The molecule has 2 atom stereocenters. The fourth-order valence-electron chi connectivity index (χ4n) is 3.75. The van der Waals surface area contributed by atoms with Gasteiger partial charge in [0, 0.05) is 30.8 Å². The van der Waals surface area contributed by atoms with E-state index in [-0.39, 0.29) is 31.0 Å². The third kappa shape index (κ3) is 7.80. The lowest BCUT2D eigenvalue weighted by molar-refractivity contribution is -0.151. The zero-order valence-corrected chi connectivity index (χ0v) is 20.7. The number of hydrogen-bond donors (Lipinski definition) is 0. The van der Waals surface area contributed by atoms with E-state index in [4.69, 9.17) is 9.57 Å². The number of nitrogens with zero attached hydrogens (tertiary/aromatic N) is 2. The molecule has 0 bridgehead atoms. The van der Waals surface area contributed by atoms with Crippen molar-refractivity contribution in [1.29, 1.82) is 0 Å². The number of ether oxygens (including phenoxy) is 1. The third-order valence-corrected chi connectivity index (χ3v) is 6.64. The van der Waals surface area contributed by atoms with E-state index in [0.717, 1.165) is 12.1 Å². The highest BCUT2D eigenvalue weighted by molar-refractivity contribution is 7.88. The van der Waals surface area contributed by atoms with Crippen LogP contribution in [0.1, 0.15) is 43.7 Å². The summed E-state index contributed by atoms with van der Waals surface area (Å²) in [6, 6.07) is 2.35. The molecule has 1 aliphatic heterocycles. The van der Waals surface area contributed by atoms with Crippen LogP contribution in [0.15, 0.2) is 36.5 Å². The van der Waals surface area contributed by atoms with Crippen molar-refractivity contribution in [1.82, 2.24) is 10.0 Å². The maximum absolute atomic E-state index is 13.1. The maximum atomic E-state index is 13.1. The number of halogens is 9. The van der Waals surface area contributed by atoms with Gasteiger partial charge < -0.3 is 13.8 Å². The van der Waals surface area contributed by atoms with Gasteiger partial charge in [0.25, 0.3) is 0 Å². The Morgan fingerprint density at radius 1 is 0.923 bits per heavy atom. The van der Waals surface area contributed by atoms with Gasteiger partial charge in [-0.15, -0.1) is 5.06 Å². The molecule has 0 aliphatic carbocycles. The van der Waals surface area contributed by atoms with Gasteiger partial charge in [0.05, 0.1) is 17.7 Å². The van der Waals surface area contributed by atoms with Crippen LogP contribution in [-0.2, 0) is 22.5 Å². The lowest BCUT2D eigenvalue weighted by Crippen LogP contribution is -2.48. The summed E-state index contributed by atoms with van der Waals surface area (Å²) in [6.45, 7) is 1.46. The standard InChI is InChI=1S/C22H21F9N2O5S/c1-13-3-2-4-16(33(13)37-19-8-6-15(12-32-19)21(26,27)28)9-10-36-17-7-5-14(20(23,24)25)11-18(17)38-39(34,35)22(29,30)31/h5-8,11-13,16H,2-4,9-10H2,1H3/t13-,16-/m1/s1. The maximum Gasteiger partial charge on any atom is 0.534 e. The summed E-state index contributed by atoms with van der Waals surface area (Å²) in [4.78, 5) is 9.33. The highest BCUT2D eigenvalue weighted by Crippen LogP contribution is 2.39. The van der Waals surface area contributed by atoms with Crippen LogP contribution < -0.4 is 13.8 Å². The van der Waals surface area contributed by atoms with Crippen molar-refractivity contribution in [2.24, 2.45) is 0 Å². The fraction of sp³-hybridized carbons (Fsp3) is 0.500. The molecule has 0 saturated carbocycles. The molecule has 2 aromatic rings. The predicted octanol–water partition coefficient (Wildman–Crippen LogP) is 6.35. The Balaban J connectivity index is 1.74. The molecule has 0 unspecified atom stereocenters. The topological polar surface area (TPSA) is 78.0 Å². The number of rotatable bonds is 8. The quantitative estimate of drug-likeness (QED) is 0.200. The summed E-state index contributed by atoms with van der Waals surface area (Å²) in [6.07, 6.45) is -7.03. The molecule has 1 fully saturated rings. The summed E-state index contributed by atoms with van der Waals surface area (Å²) in [5.41, 5.74) is -8.35. The van der Waals surface area contributed by atoms with E-state index in [2.05, 4.69) is 9.17 Å². The van der Waals surface area contributed by atoms with Gasteiger partial charge in [-0.25, -0.2) is 4.98 Å². The molecule has 1 aromatic carbocycles. The average Bonchev–Trinajstić information content (AvgIpc) is 2.80. The van der Waals surface area contributed by atoms with E-state index in [1.54, 1.807) is 6.92 Å². The van der Waals surface area contributed by atoms with Crippen LogP contribution in [0, 0.1) is 0 Å². The predicted molar refractivity (Wildman–Crippen MR) is 116 cm³/mol. The summed E-state index contributed by atoms with van der Waals surface area (Å²) >= 11 is 0. The minimum absolute atomic E-state index is 0.0764. The second-order valence-electron chi connectivity index (χ2n) is 8.55. The van der Waals surface area contributed by atoms with E-state index >= 15 is 0 Å². The Bertz CT molecular complexity index is 1230. The molecule has 39 heavy (non-hydrogen) atoms. The fourth-order valence-corrected chi connectivity index (χ4v) is 4.21. The van der Waals surface area contributed by atoms with Crippen LogP contribution in [0.4, 0.5) is 39.5 Å². The van der Waals surface area contributed by atoms with Gasteiger partial charge in [-0.1, -0.05) is 6.42 Å². The van der Waals surface area contributed by atoms with Crippen LogP contribution in [0.3, 0.4) is 0 Å². The number of piperidine rings is 1. The molecule has 0 radical (unpaired) electrons. The molecule has 1 saturated heterocycles. The van der Waals surface area contributed by atoms with Gasteiger partial charge in [0.15, 0.2) is 11.5 Å². The average molecular weight is 596 g/mol. The van der Waals surface area contributed by atoms with Gasteiger partial charge in [-0.2, -0.15) is 47.9 Å². The van der Waals surface area contributed by atoms with Gasteiger partial charge >= 0.3 is 28.0 Å². The SMILES string of the molecule is C[C@@H]1CCC[C@H](CCOc2ccc(C(F)(F)F)cc2OS(=O)(=O)C(F)(F)F)N1Oc1ccc(C(F)(F)F)cn1. The normalized spacial score (nSPS) is 19.5. The molecule has 0 spiro atoms. The lowest BCUT2D eigenvalue weighted by Gasteiger charge is -2.38. The minimum Gasteiger partial charge on any atom is -0.490 e. The first-order chi connectivity index (χ1) is 17.9. The Morgan fingerprint density at radius 2 is 1.56 bits per heavy atom. The molecule has 0 N–H and O–H groups in total. The summed E-state index contributed by atoms with van der Waals surface area (Å²) in [7, 11) is -6.30. The zero-order valence-electron chi connectivity index (χ0n) is 19.9. The van der Waals surface area contributed by atoms with Gasteiger partial charge in [-0.05, 0) is 44.0 Å². The second kappa shape index (κ2) is 11.3. The molecule has 17 heteroatoms. The van der Waals surface area contributed by atoms with Crippen molar-refractivity contribution in [2.75, 3.05) is 6.61 Å². The van der Waals surface area contributed by atoms with E-state index < -0.39 is 56.6 Å². The first-order valence-electron chi connectivity index (χ1n) is 11.2. The molecule has 7 nitrogen and oxygen atoms in total. The Hall–Kier alpha value is -2.95. The van der Waals surface area contributed by atoms with Crippen molar-refractivity contribution >= 4 is 10.1 Å². The molecule has 1 aliphatic rings. The smallest absolute Gasteiger partial charge is 0.490 e. The Kier molecular flexibility index (Phi) is 8.84. The van der Waals surface area contributed by atoms with E-state index in [0.29, 0.717) is 37.6 Å². The van der Waals surface area contributed by atoms with E-state index in [9.17, 15) is 47.9 Å². The lowest BCUT2D eigenvalue weighted by atomic mass is 9.97. The van der Waals surface area contributed by atoms with E-state index in [1.165, 1.54) is 5.06 Å². The first-order valence-corrected chi connectivity index (χ1v) is 12.6. The Morgan fingerprint density at radius 3 is 2.13 bits per heavy atom. The number of alkyl halides is 9. The molecule has 2 heterocycles. The largest absolute Gasteiger partial charge is 0.534 e. The Labute approximate surface area is 216 Å². The van der Waals surface area contributed by atoms with Crippen LogP contribution in [0.25, 0.3) is 0 Å². The molecular weight excluding hydrogens is 575 g/mol. The summed E-state index contributed by atoms with van der Waals surface area (Å²) in [5.74, 6) is -2.11. The van der Waals surface area contributed by atoms with Crippen molar-refractivity contribution in [2.45, 2.75) is 62.6 Å². The summed E-state index contributed by atoms with van der Waals surface area (Å²) < 4.78 is 148. The number of aromatic nitrogens is 1. The monoisotopic (exact) mass is 596 g/mol. The van der Waals surface area contributed by atoms with E-state index in [1.807, 2.05) is 0 Å². The van der Waals surface area contributed by atoms with Gasteiger partial charge in [-0.3, -0.25) is 0 Å². The minimum atomic E-state index is -6.30. The number of hydrogen-bond acceptors (Lipinski definition) is 7. The van der Waals surface area contributed by atoms with Crippen molar-refractivity contribution in [3.8, 4) is 17.4 Å². The molecule has 3 rings (SSSR count). The highest BCUT2D eigenvalue weighted by atomic mass is 32.2. The van der Waals surface area contributed by atoms with Crippen LogP contribution in [-0.4, -0.2) is 42.7 Å². The second-order valence-corrected chi connectivity index (χ2v) is 10.1. The zero-order chi connectivity index (χ0) is 29.2.